The van der Waals surface area contributed by atoms with E-state index in [1.165, 1.54) is 4.90 Å². The number of rotatable bonds is 3. The number of likely N-dealkylation sites (tertiary alicyclic amines) is 1. The smallest absolute Gasteiger partial charge is 0.234 e. The van der Waals surface area contributed by atoms with Gasteiger partial charge in [-0.3, -0.25) is 14.5 Å². The van der Waals surface area contributed by atoms with E-state index in [0.717, 1.165) is 24.9 Å². The number of hydrogen-bond acceptors (Lipinski definition) is 3. The molecule has 1 N–H and O–H groups in total. The number of imide groups is 1. The van der Waals surface area contributed by atoms with E-state index in [9.17, 15) is 9.59 Å². The summed E-state index contributed by atoms with van der Waals surface area (Å²) in [6, 6.07) is 7.27. The van der Waals surface area contributed by atoms with Crippen molar-refractivity contribution in [3.05, 3.63) is 29.3 Å². The molecule has 2 aliphatic rings. The summed E-state index contributed by atoms with van der Waals surface area (Å²) in [5.41, 5.74) is 0.811. The SMILES string of the molecule is CC1CCC2C(=O)N(CNc3cccc(Cl)c3)C(=O)C2C1. The second-order valence-corrected chi connectivity index (χ2v) is 6.52. The zero-order valence-corrected chi connectivity index (χ0v) is 12.8. The van der Waals surface area contributed by atoms with Gasteiger partial charge in [-0.15, -0.1) is 0 Å². The van der Waals surface area contributed by atoms with Crippen LogP contribution >= 0.6 is 11.6 Å². The molecule has 5 heteroatoms. The normalized spacial score (nSPS) is 28.7. The van der Waals surface area contributed by atoms with Crippen molar-refractivity contribution >= 4 is 29.1 Å². The highest BCUT2D eigenvalue weighted by atomic mass is 35.5. The van der Waals surface area contributed by atoms with Crippen molar-refractivity contribution in [1.82, 2.24) is 4.90 Å². The van der Waals surface area contributed by atoms with Gasteiger partial charge in [0.15, 0.2) is 0 Å². The first kappa shape index (κ1) is 14.4. The van der Waals surface area contributed by atoms with Crippen LogP contribution in [-0.2, 0) is 9.59 Å². The molecule has 1 heterocycles. The van der Waals surface area contributed by atoms with Crippen molar-refractivity contribution in [2.75, 3.05) is 12.0 Å². The molecule has 3 rings (SSSR count). The molecule has 3 atom stereocenters. The van der Waals surface area contributed by atoms with Crippen LogP contribution in [0.1, 0.15) is 26.2 Å². The maximum absolute atomic E-state index is 12.4. The van der Waals surface area contributed by atoms with E-state index in [4.69, 9.17) is 11.6 Å². The van der Waals surface area contributed by atoms with Crippen LogP contribution in [0.25, 0.3) is 0 Å². The van der Waals surface area contributed by atoms with Gasteiger partial charge < -0.3 is 5.32 Å². The third-order valence-electron chi connectivity index (χ3n) is 4.54. The van der Waals surface area contributed by atoms with Crippen molar-refractivity contribution < 1.29 is 9.59 Å². The van der Waals surface area contributed by atoms with Gasteiger partial charge in [0.1, 0.15) is 0 Å². The molecule has 21 heavy (non-hydrogen) atoms. The first-order valence-corrected chi connectivity index (χ1v) is 7.78. The van der Waals surface area contributed by atoms with Gasteiger partial charge in [-0.05, 0) is 43.4 Å². The number of fused-ring (bicyclic) bond motifs is 1. The molecule has 1 aromatic rings. The number of carbonyl (C=O) groups is 2. The summed E-state index contributed by atoms with van der Waals surface area (Å²) in [6.45, 7) is 2.38. The minimum Gasteiger partial charge on any atom is -0.367 e. The summed E-state index contributed by atoms with van der Waals surface area (Å²) >= 11 is 5.93. The van der Waals surface area contributed by atoms with Crippen LogP contribution in [0.3, 0.4) is 0 Å². The van der Waals surface area contributed by atoms with Gasteiger partial charge in [0.2, 0.25) is 11.8 Å². The lowest BCUT2D eigenvalue weighted by molar-refractivity contribution is -0.139. The Morgan fingerprint density at radius 2 is 2.00 bits per heavy atom. The molecule has 3 unspecified atom stereocenters. The summed E-state index contributed by atoms with van der Waals surface area (Å²) in [4.78, 5) is 26.2. The van der Waals surface area contributed by atoms with Crippen molar-refractivity contribution in [3.63, 3.8) is 0 Å². The Bertz CT molecular complexity index is 575. The fourth-order valence-electron chi connectivity index (χ4n) is 3.38. The lowest BCUT2D eigenvalue weighted by Crippen LogP contribution is -2.35. The molecule has 1 saturated heterocycles. The van der Waals surface area contributed by atoms with Crippen LogP contribution in [0.2, 0.25) is 5.02 Å². The van der Waals surface area contributed by atoms with Crippen molar-refractivity contribution in [2.45, 2.75) is 26.2 Å². The topological polar surface area (TPSA) is 49.4 Å². The highest BCUT2D eigenvalue weighted by Crippen LogP contribution is 2.40. The third-order valence-corrected chi connectivity index (χ3v) is 4.78. The number of amides is 2. The predicted molar refractivity (Wildman–Crippen MR) is 81.8 cm³/mol. The summed E-state index contributed by atoms with van der Waals surface area (Å²) in [7, 11) is 0. The zero-order valence-electron chi connectivity index (χ0n) is 12.0. The maximum Gasteiger partial charge on any atom is 0.234 e. The molecule has 0 bridgehead atoms. The summed E-state index contributed by atoms with van der Waals surface area (Å²) in [6.07, 6.45) is 2.71. The largest absolute Gasteiger partial charge is 0.367 e. The Balaban J connectivity index is 1.68. The minimum atomic E-state index is -0.109. The van der Waals surface area contributed by atoms with Gasteiger partial charge in [0.25, 0.3) is 0 Å². The lowest BCUT2D eigenvalue weighted by atomic mass is 9.76. The van der Waals surface area contributed by atoms with Crippen molar-refractivity contribution in [2.24, 2.45) is 17.8 Å². The summed E-state index contributed by atoms with van der Waals surface area (Å²) in [5, 5.41) is 3.74. The van der Waals surface area contributed by atoms with Crippen molar-refractivity contribution in [3.8, 4) is 0 Å². The third kappa shape index (κ3) is 2.77. The molecule has 1 aliphatic heterocycles. The average molecular weight is 307 g/mol. The molecule has 4 nitrogen and oxygen atoms in total. The monoisotopic (exact) mass is 306 g/mol. The van der Waals surface area contributed by atoms with Crippen LogP contribution < -0.4 is 5.32 Å². The number of hydrogen-bond donors (Lipinski definition) is 1. The Kier molecular flexibility index (Phi) is 3.89. The number of halogens is 1. The van der Waals surface area contributed by atoms with Gasteiger partial charge in [-0.25, -0.2) is 0 Å². The molecule has 0 aromatic heterocycles. The number of nitrogens with zero attached hydrogens (tertiary/aromatic N) is 1. The number of nitrogens with one attached hydrogen (secondary N) is 1. The van der Waals surface area contributed by atoms with Crippen LogP contribution in [-0.4, -0.2) is 23.4 Å². The number of benzene rings is 1. The van der Waals surface area contributed by atoms with Crippen LogP contribution in [0, 0.1) is 17.8 Å². The Labute approximate surface area is 129 Å². The number of anilines is 1. The standard InChI is InChI=1S/C16H19ClN2O2/c1-10-5-6-13-14(7-10)16(21)19(15(13)20)9-18-12-4-2-3-11(17)8-12/h2-4,8,10,13-14,18H,5-7,9H2,1H3. The van der Waals surface area contributed by atoms with Gasteiger partial charge in [-0.1, -0.05) is 24.6 Å². The molecular weight excluding hydrogens is 288 g/mol. The molecule has 2 amide bonds. The highest BCUT2D eigenvalue weighted by molar-refractivity contribution is 6.30. The fourth-order valence-corrected chi connectivity index (χ4v) is 3.57. The molecule has 1 saturated carbocycles. The van der Waals surface area contributed by atoms with E-state index < -0.39 is 0 Å². The molecule has 112 valence electrons. The average Bonchev–Trinajstić information content (AvgIpc) is 2.69. The molecule has 0 radical (unpaired) electrons. The maximum atomic E-state index is 12.4. The molecule has 2 fully saturated rings. The van der Waals surface area contributed by atoms with Gasteiger partial charge in [-0.2, -0.15) is 0 Å². The van der Waals surface area contributed by atoms with Crippen LogP contribution in [0.4, 0.5) is 5.69 Å². The van der Waals surface area contributed by atoms with Gasteiger partial charge >= 0.3 is 0 Å². The summed E-state index contributed by atoms with van der Waals surface area (Å²) in [5.74, 6) is 0.276. The molecule has 1 aliphatic carbocycles. The molecule has 0 spiro atoms. The second kappa shape index (κ2) is 5.68. The minimum absolute atomic E-state index is 0.0218. The van der Waals surface area contributed by atoms with Crippen LogP contribution in [0.5, 0.6) is 0 Å². The molecular formula is C16H19ClN2O2. The Morgan fingerprint density at radius 1 is 1.24 bits per heavy atom. The second-order valence-electron chi connectivity index (χ2n) is 6.08. The van der Waals surface area contributed by atoms with E-state index in [-0.39, 0.29) is 30.3 Å². The summed E-state index contributed by atoms with van der Waals surface area (Å²) < 4.78 is 0. The molecule has 1 aromatic carbocycles. The van der Waals surface area contributed by atoms with E-state index >= 15 is 0 Å². The van der Waals surface area contributed by atoms with E-state index in [1.54, 1.807) is 12.1 Å². The van der Waals surface area contributed by atoms with E-state index in [2.05, 4.69) is 12.2 Å². The predicted octanol–water partition coefficient (Wildman–Crippen LogP) is 3.13. The highest BCUT2D eigenvalue weighted by Gasteiger charge is 2.49. The first-order chi connectivity index (χ1) is 10.1. The quantitative estimate of drug-likeness (QED) is 0.873. The van der Waals surface area contributed by atoms with E-state index in [0.29, 0.717) is 10.9 Å². The van der Waals surface area contributed by atoms with Crippen LogP contribution in [0.15, 0.2) is 24.3 Å². The van der Waals surface area contributed by atoms with E-state index in [1.807, 2.05) is 12.1 Å². The zero-order chi connectivity index (χ0) is 15.0. The lowest BCUT2D eigenvalue weighted by Gasteiger charge is -2.25. The Hall–Kier alpha value is -1.55. The first-order valence-electron chi connectivity index (χ1n) is 7.41. The Morgan fingerprint density at radius 3 is 2.76 bits per heavy atom. The van der Waals surface area contributed by atoms with Crippen molar-refractivity contribution in [1.29, 1.82) is 0 Å². The fraction of sp³-hybridized carbons (Fsp3) is 0.500. The number of carbonyl (C=O) groups excluding carboxylic acids is 2. The van der Waals surface area contributed by atoms with Gasteiger partial charge in [0, 0.05) is 10.7 Å². The van der Waals surface area contributed by atoms with Gasteiger partial charge in [0.05, 0.1) is 18.5 Å².